The topological polar surface area (TPSA) is 56.0 Å². The second-order valence-electron chi connectivity index (χ2n) is 1.98. The van der Waals surface area contributed by atoms with Crippen LogP contribution in [-0.2, 0) is 0 Å². The highest BCUT2D eigenvalue weighted by Crippen LogP contribution is 2.03. The summed E-state index contributed by atoms with van der Waals surface area (Å²) in [7, 11) is 0. The van der Waals surface area contributed by atoms with Crippen LogP contribution in [-0.4, -0.2) is 23.8 Å². The van der Waals surface area contributed by atoms with Gasteiger partial charge in [0, 0.05) is 13.0 Å². The maximum absolute atomic E-state index is 8.82. The first-order chi connectivity index (χ1) is 3.83. The molecule has 1 aliphatic heterocycles. The maximum atomic E-state index is 8.82. The molecular weight excluding hydrogens is 104 g/mol. The van der Waals surface area contributed by atoms with Crippen molar-refractivity contribution in [2.24, 2.45) is 0 Å². The van der Waals surface area contributed by atoms with Crippen LogP contribution in [0.1, 0.15) is 6.42 Å². The highest BCUT2D eigenvalue weighted by molar-refractivity contribution is 4.96. The Balaban J connectivity index is 2.35. The van der Waals surface area contributed by atoms with Gasteiger partial charge in [-0.25, -0.2) is 0 Å². The van der Waals surface area contributed by atoms with Gasteiger partial charge in [-0.3, -0.25) is 5.32 Å². The Morgan fingerprint density at radius 3 is 2.75 bits per heavy atom. The molecule has 8 heavy (non-hydrogen) atoms. The van der Waals surface area contributed by atoms with Gasteiger partial charge >= 0.3 is 0 Å². The lowest BCUT2D eigenvalue weighted by atomic mass is 10.2. The first-order valence-electron chi connectivity index (χ1n) is 2.64. The molecule has 0 radical (unpaired) electrons. The van der Waals surface area contributed by atoms with E-state index in [1.807, 2.05) is 6.07 Å². The number of hydrogen-bond donors (Lipinski definition) is 2. The lowest BCUT2D eigenvalue weighted by Gasteiger charge is -1.92. The Labute approximate surface area is 47.9 Å². The molecule has 2 N–H and O–H groups in total. The second kappa shape index (κ2) is 2.12. The van der Waals surface area contributed by atoms with E-state index in [9.17, 15) is 0 Å². The SMILES string of the molecule is N#C[C@@H]1C[C@H](O)CN1. The van der Waals surface area contributed by atoms with Crippen LogP contribution in [0.2, 0.25) is 0 Å². The summed E-state index contributed by atoms with van der Waals surface area (Å²) in [4.78, 5) is 0. The number of rotatable bonds is 0. The zero-order chi connectivity index (χ0) is 5.98. The zero-order valence-electron chi connectivity index (χ0n) is 4.46. The summed E-state index contributed by atoms with van der Waals surface area (Å²) in [6, 6.07) is 1.90. The summed E-state index contributed by atoms with van der Waals surface area (Å²) < 4.78 is 0. The predicted octanol–water partition coefficient (Wildman–Crippen LogP) is -0.767. The van der Waals surface area contributed by atoms with Crippen molar-refractivity contribution in [3.8, 4) is 6.07 Å². The Kier molecular flexibility index (Phi) is 1.47. The van der Waals surface area contributed by atoms with Crippen molar-refractivity contribution in [2.75, 3.05) is 6.54 Å². The summed E-state index contributed by atoms with van der Waals surface area (Å²) >= 11 is 0. The molecule has 44 valence electrons. The fourth-order valence-corrected chi connectivity index (χ4v) is 0.815. The average molecular weight is 112 g/mol. The average Bonchev–Trinajstić information content (AvgIpc) is 2.14. The zero-order valence-corrected chi connectivity index (χ0v) is 4.46. The van der Waals surface area contributed by atoms with E-state index >= 15 is 0 Å². The van der Waals surface area contributed by atoms with Crippen molar-refractivity contribution >= 4 is 0 Å². The quantitative estimate of drug-likeness (QED) is 0.432. The predicted molar refractivity (Wildman–Crippen MR) is 28.0 cm³/mol. The summed E-state index contributed by atoms with van der Waals surface area (Å²) in [5, 5.41) is 19.9. The first kappa shape index (κ1) is 5.54. The molecule has 3 nitrogen and oxygen atoms in total. The highest BCUT2D eigenvalue weighted by Gasteiger charge is 2.20. The lowest BCUT2D eigenvalue weighted by molar-refractivity contribution is 0.195. The third kappa shape index (κ3) is 0.971. The molecule has 0 bridgehead atoms. The fraction of sp³-hybridized carbons (Fsp3) is 0.800. The van der Waals surface area contributed by atoms with Crippen molar-refractivity contribution < 1.29 is 5.11 Å². The number of nitriles is 1. The van der Waals surface area contributed by atoms with Crippen LogP contribution in [0, 0.1) is 11.3 Å². The van der Waals surface area contributed by atoms with Gasteiger partial charge in [0.15, 0.2) is 0 Å². The van der Waals surface area contributed by atoms with Crippen molar-refractivity contribution in [3.05, 3.63) is 0 Å². The van der Waals surface area contributed by atoms with Crippen LogP contribution in [0.5, 0.6) is 0 Å². The molecule has 3 heteroatoms. The number of aliphatic hydroxyl groups is 1. The molecular formula is C5H8N2O. The number of β-amino-alcohol motifs (C(OH)–C–C–N with tert-alkyl or cyclic N) is 1. The summed E-state index contributed by atoms with van der Waals surface area (Å²) in [5.41, 5.74) is 0. The Morgan fingerprint density at radius 2 is 2.50 bits per heavy atom. The van der Waals surface area contributed by atoms with Gasteiger partial charge in [-0.15, -0.1) is 0 Å². The number of hydrogen-bond acceptors (Lipinski definition) is 3. The van der Waals surface area contributed by atoms with E-state index in [2.05, 4.69) is 5.32 Å². The standard InChI is InChI=1S/C5H8N2O/c6-2-4-1-5(8)3-7-4/h4-5,7-8H,1,3H2/t4-,5-/m0/s1. The smallest absolute Gasteiger partial charge is 0.0979 e. The van der Waals surface area contributed by atoms with Gasteiger partial charge in [0.25, 0.3) is 0 Å². The Morgan fingerprint density at radius 1 is 1.75 bits per heavy atom. The first-order valence-corrected chi connectivity index (χ1v) is 2.64. The van der Waals surface area contributed by atoms with Crippen LogP contribution in [0.3, 0.4) is 0 Å². The third-order valence-corrected chi connectivity index (χ3v) is 1.26. The molecule has 0 saturated carbocycles. The Hall–Kier alpha value is -0.590. The van der Waals surface area contributed by atoms with Gasteiger partial charge in [-0.1, -0.05) is 0 Å². The number of nitrogens with zero attached hydrogens (tertiary/aromatic N) is 1. The minimum Gasteiger partial charge on any atom is -0.392 e. The van der Waals surface area contributed by atoms with E-state index in [1.165, 1.54) is 0 Å². The molecule has 1 saturated heterocycles. The molecule has 2 atom stereocenters. The molecule has 0 unspecified atom stereocenters. The number of nitrogens with one attached hydrogen (secondary N) is 1. The summed E-state index contributed by atoms with van der Waals surface area (Å²) in [6.45, 7) is 0.568. The molecule has 1 aliphatic rings. The van der Waals surface area contributed by atoms with Crippen LogP contribution in [0.25, 0.3) is 0 Å². The molecule has 0 spiro atoms. The van der Waals surface area contributed by atoms with E-state index in [0.717, 1.165) is 0 Å². The van der Waals surface area contributed by atoms with E-state index < -0.39 is 0 Å². The van der Waals surface area contributed by atoms with Crippen molar-refractivity contribution in [2.45, 2.75) is 18.6 Å². The van der Waals surface area contributed by atoms with E-state index in [0.29, 0.717) is 13.0 Å². The lowest BCUT2D eigenvalue weighted by Crippen LogP contribution is -2.19. The van der Waals surface area contributed by atoms with Crippen molar-refractivity contribution in [3.63, 3.8) is 0 Å². The summed E-state index contributed by atoms with van der Waals surface area (Å²) in [6.07, 6.45) is 0.274. The van der Waals surface area contributed by atoms with Crippen LogP contribution in [0.4, 0.5) is 0 Å². The maximum Gasteiger partial charge on any atom is 0.0979 e. The van der Waals surface area contributed by atoms with Crippen LogP contribution < -0.4 is 5.32 Å². The molecule has 1 heterocycles. The Bertz CT molecular complexity index is 118. The van der Waals surface area contributed by atoms with Gasteiger partial charge in [0.05, 0.1) is 18.2 Å². The minimum absolute atomic E-state index is 0.120. The largest absolute Gasteiger partial charge is 0.392 e. The monoisotopic (exact) mass is 112 g/mol. The summed E-state index contributed by atoms with van der Waals surface area (Å²) in [5.74, 6) is 0. The van der Waals surface area contributed by atoms with E-state index in [1.54, 1.807) is 0 Å². The van der Waals surface area contributed by atoms with E-state index in [-0.39, 0.29) is 12.1 Å². The van der Waals surface area contributed by atoms with Gasteiger partial charge in [0.2, 0.25) is 0 Å². The molecule has 0 aliphatic carbocycles. The van der Waals surface area contributed by atoms with Crippen LogP contribution >= 0.6 is 0 Å². The van der Waals surface area contributed by atoms with Gasteiger partial charge in [0.1, 0.15) is 0 Å². The highest BCUT2D eigenvalue weighted by atomic mass is 16.3. The van der Waals surface area contributed by atoms with E-state index in [4.69, 9.17) is 10.4 Å². The van der Waals surface area contributed by atoms with Gasteiger partial charge < -0.3 is 5.11 Å². The fourth-order valence-electron chi connectivity index (χ4n) is 0.815. The molecule has 0 aromatic rings. The number of aliphatic hydroxyl groups excluding tert-OH is 1. The molecule has 0 amide bonds. The second-order valence-corrected chi connectivity index (χ2v) is 1.98. The third-order valence-electron chi connectivity index (χ3n) is 1.26. The van der Waals surface area contributed by atoms with Crippen molar-refractivity contribution in [1.29, 1.82) is 5.26 Å². The molecule has 1 fully saturated rings. The normalized spacial score (nSPS) is 37.0. The molecule has 0 aromatic heterocycles. The van der Waals surface area contributed by atoms with Crippen molar-refractivity contribution in [1.82, 2.24) is 5.32 Å². The van der Waals surface area contributed by atoms with Crippen LogP contribution in [0.15, 0.2) is 0 Å². The van der Waals surface area contributed by atoms with Gasteiger partial charge in [-0.05, 0) is 0 Å². The molecule has 1 rings (SSSR count). The molecule has 0 aromatic carbocycles. The minimum atomic E-state index is -0.306. The van der Waals surface area contributed by atoms with Gasteiger partial charge in [-0.2, -0.15) is 5.26 Å².